The van der Waals surface area contributed by atoms with Crippen LogP contribution in [-0.4, -0.2) is 5.91 Å². The van der Waals surface area contributed by atoms with Crippen LogP contribution in [0.15, 0.2) is 30.3 Å². The molecule has 3 N–H and O–H groups in total. The number of carbonyl (C=O) groups excluding carboxylic acids is 1. The first-order valence-corrected chi connectivity index (χ1v) is 3.97. The highest BCUT2D eigenvalue weighted by atomic mass is 16.2. The first kappa shape index (κ1) is 9.48. The minimum Gasteiger partial charge on any atom is -0.291 e. The van der Waals surface area contributed by atoms with Gasteiger partial charge in [0.05, 0.1) is 0 Å². The van der Waals surface area contributed by atoms with E-state index in [1.165, 1.54) is 6.08 Å². The Morgan fingerprint density at radius 2 is 2.31 bits per heavy atom. The maximum absolute atomic E-state index is 10.7. The molecule has 0 radical (unpaired) electrons. The number of carbonyl (C=O) groups is 1. The van der Waals surface area contributed by atoms with E-state index in [1.807, 2.05) is 36.6 Å². The van der Waals surface area contributed by atoms with E-state index in [-0.39, 0.29) is 5.91 Å². The number of amides is 1. The van der Waals surface area contributed by atoms with Crippen LogP contribution in [0.1, 0.15) is 11.1 Å². The lowest BCUT2D eigenvalue weighted by Gasteiger charge is -1.95. The zero-order chi connectivity index (χ0) is 9.68. The molecular formula is C10H12N2O. The van der Waals surface area contributed by atoms with E-state index < -0.39 is 0 Å². The highest BCUT2D eigenvalue weighted by Gasteiger charge is 1.90. The average molecular weight is 176 g/mol. The largest absolute Gasteiger partial charge is 0.291 e. The van der Waals surface area contributed by atoms with E-state index in [1.54, 1.807) is 6.08 Å². The predicted octanol–water partition coefficient (Wildman–Crippen LogP) is 0.998. The van der Waals surface area contributed by atoms with Gasteiger partial charge in [0.25, 0.3) is 5.91 Å². The van der Waals surface area contributed by atoms with Crippen LogP contribution in [0.5, 0.6) is 0 Å². The predicted molar refractivity (Wildman–Crippen MR) is 52.5 cm³/mol. The first-order valence-electron chi connectivity index (χ1n) is 3.97. The van der Waals surface area contributed by atoms with Crippen LogP contribution < -0.4 is 11.3 Å². The number of nitrogens with one attached hydrogen (secondary N) is 1. The van der Waals surface area contributed by atoms with Crippen molar-refractivity contribution >= 4 is 12.0 Å². The summed E-state index contributed by atoms with van der Waals surface area (Å²) in [6.07, 6.45) is 3.12. The average Bonchev–Trinajstić information content (AvgIpc) is 2.14. The summed E-state index contributed by atoms with van der Waals surface area (Å²) < 4.78 is 0. The summed E-state index contributed by atoms with van der Waals surface area (Å²) in [6.45, 7) is 2.00. The number of benzene rings is 1. The molecule has 0 bridgehead atoms. The van der Waals surface area contributed by atoms with E-state index in [0.717, 1.165) is 11.1 Å². The van der Waals surface area contributed by atoms with Crippen molar-refractivity contribution in [2.45, 2.75) is 6.92 Å². The van der Waals surface area contributed by atoms with Crippen molar-refractivity contribution < 1.29 is 4.79 Å². The van der Waals surface area contributed by atoms with E-state index in [4.69, 9.17) is 5.84 Å². The summed E-state index contributed by atoms with van der Waals surface area (Å²) in [4.78, 5) is 10.7. The Morgan fingerprint density at radius 3 is 2.92 bits per heavy atom. The van der Waals surface area contributed by atoms with Crippen molar-refractivity contribution in [1.82, 2.24) is 5.43 Å². The summed E-state index contributed by atoms with van der Waals surface area (Å²) in [5.41, 5.74) is 4.18. The Morgan fingerprint density at radius 1 is 1.54 bits per heavy atom. The SMILES string of the molecule is Cc1cccc(/C=C/C(=O)NN)c1. The number of hydrazine groups is 1. The molecule has 0 aromatic heterocycles. The fraction of sp³-hybridized carbons (Fsp3) is 0.100. The topological polar surface area (TPSA) is 55.1 Å². The van der Waals surface area contributed by atoms with Gasteiger partial charge in [-0.25, -0.2) is 5.84 Å². The molecule has 0 fully saturated rings. The van der Waals surface area contributed by atoms with Crippen LogP contribution in [0.2, 0.25) is 0 Å². The molecule has 0 unspecified atom stereocenters. The summed E-state index contributed by atoms with van der Waals surface area (Å²) in [5.74, 6) is 4.61. The standard InChI is InChI=1S/C10H12N2O/c1-8-3-2-4-9(7-8)5-6-10(13)12-11/h2-7H,11H2,1H3,(H,12,13)/b6-5+. The molecule has 0 aliphatic heterocycles. The van der Waals surface area contributed by atoms with Gasteiger partial charge in [-0.1, -0.05) is 29.8 Å². The number of hydrogen-bond acceptors (Lipinski definition) is 2. The lowest BCUT2D eigenvalue weighted by molar-refractivity contribution is -0.116. The Labute approximate surface area is 77.2 Å². The van der Waals surface area contributed by atoms with Gasteiger partial charge in [-0.15, -0.1) is 0 Å². The molecule has 0 saturated carbocycles. The number of aryl methyl sites for hydroxylation is 1. The van der Waals surface area contributed by atoms with Crippen molar-refractivity contribution in [3.8, 4) is 0 Å². The number of rotatable bonds is 2. The molecule has 0 spiro atoms. The number of nitrogens with two attached hydrogens (primary N) is 1. The third kappa shape index (κ3) is 3.09. The lowest BCUT2D eigenvalue weighted by atomic mass is 10.1. The summed E-state index contributed by atoms with van der Waals surface area (Å²) in [6, 6.07) is 7.85. The molecule has 0 atom stereocenters. The second-order valence-corrected chi connectivity index (χ2v) is 2.76. The minimum absolute atomic E-state index is 0.304. The molecule has 0 heterocycles. The fourth-order valence-electron chi connectivity index (χ4n) is 0.994. The molecule has 3 nitrogen and oxygen atoms in total. The lowest BCUT2D eigenvalue weighted by Crippen LogP contribution is -2.27. The second-order valence-electron chi connectivity index (χ2n) is 2.76. The van der Waals surface area contributed by atoms with Crippen LogP contribution in [0.4, 0.5) is 0 Å². The Balaban J connectivity index is 2.74. The van der Waals surface area contributed by atoms with E-state index in [2.05, 4.69) is 0 Å². The quantitative estimate of drug-likeness (QED) is 0.305. The van der Waals surface area contributed by atoms with Crippen molar-refractivity contribution in [3.63, 3.8) is 0 Å². The van der Waals surface area contributed by atoms with Gasteiger partial charge in [0, 0.05) is 6.08 Å². The molecule has 3 heteroatoms. The molecule has 0 aliphatic rings. The Hall–Kier alpha value is -1.61. The highest BCUT2D eigenvalue weighted by Crippen LogP contribution is 2.05. The molecule has 1 rings (SSSR count). The van der Waals surface area contributed by atoms with Gasteiger partial charge >= 0.3 is 0 Å². The molecule has 1 amide bonds. The third-order valence-corrected chi connectivity index (χ3v) is 1.61. The van der Waals surface area contributed by atoms with Gasteiger partial charge in [0.2, 0.25) is 0 Å². The summed E-state index contributed by atoms with van der Waals surface area (Å²) in [5, 5.41) is 0. The highest BCUT2D eigenvalue weighted by molar-refractivity contribution is 5.91. The fourth-order valence-corrected chi connectivity index (χ4v) is 0.994. The molecule has 1 aromatic carbocycles. The van der Waals surface area contributed by atoms with E-state index >= 15 is 0 Å². The zero-order valence-corrected chi connectivity index (χ0v) is 7.45. The first-order chi connectivity index (χ1) is 6.22. The third-order valence-electron chi connectivity index (χ3n) is 1.61. The smallest absolute Gasteiger partial charge is 0.257 e. The number of hydrogen-bond donors (Lipinski definition) is 2. The molecule has 0 aliphatic carbocycles. The van der Waals surface area contributed by atoms with Crippen molar-refractivity contribution in [1.29, 1.82) is 0 Å². The molecule has 1 aromatic rings. The second kappa shape index (κ2) is 4.42. The normalized spacial score (nSPS) is 10.3. The summed E-state index contributed by atoms with van der Waals surface area (Å²) in [7, 11) is 0. The van der Waals surface area contributed by atoms with Crippen molar-refractivity contribution in [2.75, 3.05) is 0 Å². The van der Waals surface area contributed by atoms with Gasteiger partial charge < -0.3 is 0 Å². The summed E-state index contributed by atoms with van der Waals surface area (Å²) >= 11 is 0. The van der Waals surface area contributed by atoms with E-state index in [0.29, 0.717) is 0 Å². The maximum atomic E-state index is 10.7. The van der Waals surface area contributed by atoms with Crippen LogP contribution in [0.3, 0.4) is 0 Å². The maximum Gasteiger partial charge on any atom is 0.257 e. The monoisotopic (exact) mass is 176 g/mol. The van der Waals surface area contributed by atoms with Crippen LogP contribution in [0, 0.1) is 6.92 Å². The van der Waals surface area contributed by atoms with Gasteiger partial charge in [-0.3, -0.25) is 10.2 Å². The molecule has 68 valence electrons. The van der Waals surface area contributed by atoms with Gasteiger partial charge in [-0.2, -0.15) is 0 Å². The van der Waals surface area contributed by atoms with Crippen LogP contribution >= 0.6 is 0 Å². The molecular weight excluding hydrogens is 164 g/mol. The van der Waals surface area contributed by atoms with Crippen molar-refractivity contribution in [3.05, 3.63) is 41.5 Å². The molecule has 13 heavy (non-hydrogen) atoms. The van der Waals surface area contributed by atoms with Gasteiger partial charge in [0.1, 0.15) is 0 Å². The van der Waals surface area contributed by atoms with E-state index in [9.17, 15) is 4.79 Å². The van der Waals surface area contributed by atoms with Gasteiger partial charge in [-0.05, 0) is 18.6 Å². The minimum atomic E-state index is -0.304. The zero-order valence-electron chi connectivity index (χ0n) is 7.45. The van der Waals surface area contributed by atoms with Crippen LogP contribution in [-0.2, 0) is 4.79 Å². The van der Waals surface area contributed by atoms with Crippen molar-refractivity contribution in [2.24, 2.45) is 5.84 Å². The molecule has 0 saturated heterocycles. The van der Waals surface area contributed by atoms with Crippen LogP contribution in [0.25, 0.3) is 6.08 Å². The Bertz CT molecular complexity index is 331. The van der Waals surface area contributed by atoms with Gasteiger partial charge in [0.15, 0.2) is 0 Å². The Kier molecular flexibility index (Phi) is 3.23.